The van der Waals surface area contributed by atoms with E-state index in [0.717, 1.165) is 18.1 Å². The van der Waals surface area contributed by atoms with Crippen LogP contribution in [-0.2, 0) is 6.42 Å². The van der Waals surface area contributed by atoms with Crippen LogP contribution in [0.25, 0.3) is 22.3 Å². The highest BCUT2D eigenvalue weighted by molar-refractivity contribution is 5.92. The molecule has 0 fully saturated rings. The van der Waals surface area contributed by atoms with Crippen LogP contribution in [0.4, 0.5) is 17.6 Å². The van der Waals surface area contributed by atoms with Gasteiger partial charge in [-0.05, 0) is 60.4 Å². The molecule has 3 nitrogen and oxygen atoms in total. The van der Waals surface area contributed by atoms with Gasteiger partial charge in [0.05, 0.1) is 12.2 Å². The van der Waals surface area contributed by atoms with Crippen LogP contribution in [0.3, 0.4) is 0 Å². The molecule has 0 spiro atoms. The van der Waals surface area contributed by atoms with Crippen molar-refractivity contribution in [3.05, 3.63) is 107 Å². The van der Waals surface area contributed by atoms with Crippen LogP contribution in [0.2, 0.25) is 0 Å². The van der Waals surface area contributed by atoms with E-state index in [4.69, 9.17) is 9.47 Å². The Hall–Kier alpha value is -4.13. The minimum Gasteiger partial charge on any atom is -0.491 e. The number of esters is 1. The Kier molecular flexibility index (Phi) is 7.38. The van der Waals surface area contributed by atoms with E-state index in [-0.39, 0.29) is 29.2 Å². The average molecular weight is 494 g/mol. The summed E-state index contributed by atoms with van der Waals surface area (Å²) in [5.74, 6) is -5.92. The lowest BCUT2D eigenvalue weighted by Gasteiger charge is -2.11. The van der Waals surface area contributed by atoms with Crippen LogP contribution in [0.5, 0.6) is 11.5 Å². The lowest BCUT2D eigenvalue weighted by Crippen LogP contribution is -2.12. The van der Waals surface area contributed by atoms with Gasteiger partial charge in [0, 0.05) is 11.1 Å². The maximum Gasteiger partial charge on any atom is 0.346 e. The van der Waals surface area contributed by atoms with Gasteiger partial charge in [0.15, 0.2) is 23.2 Å². The zero-order valence-corrected chi connectivity index (χ0v) is 19.6. The van der Waals surface area contributed by atoms with Crippen molar-refractivity contribution >= 4 is 5.97 Å². The first-order chi connectivity index (χ1) is 17.3. The van der Waals surface area contributed by atoms with Crippen molar-refractivity contribution in [2.75, 3.05) is 6.61 Å². The number of aryl methyl sites for hydroxylation is 1. The van der Waals surface area contributed by atoms with E-state index in [9.17, 15) is 22.4 Å². The van der Waals surface area contributed by atoms with Crippen LogP contribution in [0, 0.1) is 23.3 Å². The molecule has 0 atom stereocenters. The van der Waals surface area contributed by atoms with E-state index in [1.54, 1.807) is 19.1 Å². The molecule has 4 aromatic carbocycles. The number of carbonyl (C=O) groups excluding carboxylic acids is 1. The van der Waals surface area contributed by atoms with Crippen molar-refractivity contribution in [2.45, 2.75) is 20.3 Å². The van der Waals surface area contributed by atoms with Crippen LogP contribution in [0.1, 0.15) is 29.8 Å². The van der Waals surface area contributed by atoms with Gasteiger partial charge >= 0.3 is 5.97 Å². The molecule has 0 saturated heterocycles. The predicted octanol–water partition coefficient (Wildman–Crippen LogP) is 7.76. The van der Waals surface area contributed by atoms with Crippen molar-refractivity contribution in [3.8, 4) is 33.8 Å². The Morgan fingerprint density at radius 3 is 1.81 bits per heavy atom. The summed E-state index contributed by atoms with van der Waals surface area (Å²) in [4.78, 5) is 12.5. The molecule has 4 aromatic rings. The number of carbonyl (C=O) groups is 1. The third kappa shape index (κ3) is 4.96. The molecule has 0 unspecified atom stereocenters. The summed E-state index contributed by atoms with van der Waals surface area (Å²) in [5.41, 5.74) is 1.32. The van der Waals surface area contributed by atoms with Gasteiger partial charge in [0.1, 0.15) is 5.75 Å². The molecular weight excluding hydrogens is 472 g/mol. The fourth-order valence-corrected chi connectivity index (χ4v) is 3.74. The minimum atomic E-state index is -1.32. The molecule has 0 aliphatic rings. The largest absolute Gasteiger partial charge is 0.491 e. The fraction of sp³-hybridized carbons (Fsp3) is 0.138. The van der Waals surface area contributed by atoms with Crippen LogP contribution >= 0.6 is 0 Å². The highest BCUT2D eigenvalue weighted by Crippen LogP contribution is 2.32. The van der Waals surface area contributed by atoms with E-state index in [1.165, 1.54) is 42.5 Å². The second kappa shape index (κ2) is 10.6. The summed E-state index contributed by atoms with van der Waals surface area (Å²) in [7, 11) is 0. The summed E-state index contributed by atoms with van der Waals surface area (Å²) < 4.78 is 68.4. The van der Waals surface area contributed by atoms with E-state index in [1.807, 2.05) is 19.1 Å². The van der Waals surface area contributed by atoms with E-state index in [2.05, 4.69) is 0 Å². The molecule has 0 bridgehead atoms. The molecule has 0 radical (unpaired) electrons. The molecule has 0 saturated carbocycles. The van der Waals surface area contributed by atoms with Crippen molar-refractivity contribution in [3.63, 3.8) is 0 Å². The summed E-state index contributed by atoms with van der Waals surface area (Å²) in [5, 5.41) is 0. The lowest BCUT2D eigenvalue weighted by molar-refractivity contribution is 0.0728. The summed E-state index contributed by atoms with van der Waals surface area (Å²) in [6.07, 6.45) is 0.814. The van der Waals surface area contributed by atoms with Crippen molar-refractivity contribution in [1.29, 1.82) is 0 Å². The van der Waals surface area contributed by atoms with E-state index < -0.39 is 34.8 Å². The first kappa shape index (κ1) is 25.0. The SMILES string of the molecule is CCOc1ccc(-c2ccc(OC(=O)c3ccc(-c4ccc(CC)cc4)c(F)c3F)cc2)c(F)c1F. The fourth-order valence-electron chi connectivity index (χ4n) is 3.74. The van der Waals surface area contributed by atoms with Gasteiger partial charge in [-0.25, -0.2) is 18.0 Å². The van der Waals surface area contributed by atoms with Crippen molar-refractivity contribution in [2.24, 2.45) is 0 Å². The number of benzene rings is 4. The molecule has 0 aliphatic carbocycles. The molecule has 36 heavy (non-hydrogen) atoms. The van der Waals surface area contributed by atoms with Crippen molar-refractivity contribution < 1.29 is 31.8 Å². The standard InChI is InChI=1S/C29H22F4O3/c1-3-17-5-7-18(8-6-17)21-13-14-23(27(32)25(21)30)29(34)36-20-11-9-19(10-12-20)22-15-16-24(35-4-2)28(33)26(22)31/h5-16H,3-4H2,1-2H3. The highest BCUT2D eigenvalue weighted by atomic mass is 19.2. The number of hydrogen-bond acceptors (Lipinski definition) is 3. The Bertz CT molecular complexity index is 1400. The van der Waals surface area contributed by atoms with Gasteiger partial charge in [0.2, 0.25) is 5.82 Å². The number of hydrogen-bond donors (Lipinski definition) is 0. The normalized spacial score (nSPS) is 10.8. The molecule has 4 rings (SSSR count). The molecular formula is C29H22F4O3. The van der Waals surface area contributed by atoms with E-state index in [0.29, 0.717) is 11.1 Å². The van der Waals surface area contributed by atoms with Gasteiger partial charge in [-0.15, -0.1) is 0 Å². The highest BCUT2D eigenvalue weighted by Gasteiger charge is 2.21. The molecule has 0 N–H and O–H groups in total. The quantitative estimate of drug-likeness (QED) is 0.150. The second-order valence-electron chi connectivity index (χ2n) is 7.93. The third-order valence-corrected chi connectivity index (χ3v) is 5.70. The zero-order chi connectivity index (χ0) is 25.8. The van der Waals surface area contributed by atoms with Gasteiger partial charge in [-0.3, -0.25) is 0 Å². The topological polar surface area (TPSA) is 35.5 Å². The second-order valence-corrected chi connectivity index (χ2v) is 7.93. The maximum absolute atomic E-state index is 14.8. The predicted molar refractivity (Wildman–Crippen MR) is 129 cm³/mol. The zero-order valence-electron chi connectivity index (χ0n) is 19.6. The van der Waals surface area contributed by atoms with Gasteiger partial charge in [-0.1, -0.05) is 49.4 Å². The Balaban J connectivity index is 1.53. The molecule has 0 amide bonds. The molecule has 0 aromatic heterocycles. The molecule has 0 aliphatic heterocycles. The number of rotatable bonds is 7. The Morgan fingerprint density at radius 2 is 1.22 bits per heavy atom. The Labute approximate surface area is 205 Å². The summed E-state index contributed by atoms with van der Waals surface area (Å²) in [6, 6.07) is 17.7. The van der Waals surface area contributed by atoms with Crippen LogP contribution < -0.4 is 9.47 Å². The smallest absolute Gasteiger partial charge is 0.346 e. The molecule has 7 heteroatoms. The first-order valence-electron chi connectivity index (χ1n) is 11.3. The molecule has 184 valence electrons. The van der Waals surface area contributed by atoms with Crippen LogP contribution in [-0.4, -0.2) is 12.6 Å². The minimum absolute atomic E-state index is 0.00972. The summed E-state index contributed by atoms with van der Waals surface area (Å²) >= 11 is 0. The van der Waals surface area contributed by atoms with Crippen LogP contribution in [0.15, 0.2) is 72.8 Å². The lowest BCUT2D eigenvalue weighted by atomic mass is 10.0. The molecule has 0 heterocycles. The number of ether oxygens (including phenoxy) is 2. The van der Waals surface area contributed by atoms with Gasteiger partial charge < -0.3 is 9.47 Å². The summed E-state index contributed by atoms with van der Waals surface area (Å²) in [6.45, 7) is 3.83. The number of halogens is 4. The average Bonchev–Trinajstić information content (AvgIpc) is 2.89. The van der Waals surface area contributed by atoms with Crippen molar-refractivity contribution in [1.82, 2.24) is 0 Å². The van der Waals surface area contributed by atoms with E-state index >= 15 is 0 Å². The Morgan fingerprint density at radius 1 is 0.667 bits per heavy atom. The third-order valence-electron chi connectivity index (χ3n) is 5.70. The monoisotopic (exact) mass is 494 g/mol. The van der Waals surface area contributed by atoms with Gasteiger partial charge in [0.25, 0.3) is 0 Å². The van der Waals surface area contributed by atoms with Gasteiger partial charge in [-0.2, -0.15) is 4.39 Å². The maximum atomic E-state index is 14.8. The first-order valence-corrected chi connectivity index (χ1v) is 11.3.